The first-order chi connectivity index (χ1) is 13.5. The standard InChI is InChI=1S/C21H38N4O4/c1-8-10-11-14(3)18(26)12-19(27)23-17(9-2)21(29)24(6)13-15(4)25(7)16(5)20(22)28/h8,10,14,16-18,26H,4,9,11-13H2,1-3,5-7H3,(H2,22,28)(H,23,27)/b10-8+/t14-,16+,17+,18-/m1/s1. The van der Waals surface area contributed by atoms with Crippen LogP contribution >= 0.6 is 0 Å². The lowest BCUT2D eigenvalue weighted by atomic mass is 9.97. The number of allylic oxidation sites excluding steroid dienone is 2. The van der Waals surface area contributed by atoms with Crippen molar-refractivity contribution in [3.8, 4) is 0 Å². The Morgan fingerprint density at radius 2 is 1.83 bits per heavy atom. The van der Waals surface area contributed by atoms with E-state index in [1.807, 2.05) is 26.0 Å². The Bertz CT molecular complexity index is 605. The molecule has 0 unspecified atom stereocenters. The molecule has 29 heavy (non-hydrogen) atoms. The molecule has 8 nitrogen and oxygen atoms in total. The van der Waals surface area contributed by atoms with E-state index in [0.29, 0.717) is 18.5 Å². The maximum absolute atomic E-state index is 12.7. The van der Waals surface area contributed by atoms with E-state index < -0.39 is 24.1 Å². The number of nitrogens with one attached hydrogen (secondary N) is 1. The van der Waals surface area contributed by atoms with Crippen molar-refractivity contribution in [2.45, 2.75) is 65.1 Å². The number of nitrogens with zero attached hydrogens (tertiary/aromatic N) is 2. The van der Waals surface area contributed by atoms with E-state index in [-0.39, 0.29) is 30.7 Å². The van der Waals surface area contributed by atoms with Gasteiger partial charge in [-0.05, 0) is 32.6 Å². The van der Waals surface area contributed by atoms with E-state index in [2.05, 4.69) is 11.9 Å². The van der Waals surface area contributed by atoms with Gasteiger partial charge >= 0.3 is 0 Å². The summed E-state index contributed by atoms with van der Waals surface area (Å²) < 4.78 is 0. The summed E-state index contributed by atoms with van der Waals surface area (Å²) in [5.41, 5.74) is 5.86. The summed E-state index contributed by atoms with van der Waals surface area (Å²) in [4.78, 5) is 39.4. The van der Waals surface area contributed by atoms with Crippen molar-refractivity contribution in [3.63, 3.8) is 0 Å². The molecular formula is C21H38N4O4. The van der Waals surface area contributed by atoms with Crippen molar-refractivity contribution < 1.29 is 19.5 Å². The molecule has 0 aromatic rings. The van der Waals surface area contributed by atoms with Gasteiger partial charge in [0.25, 0.3) is 0 Å². The predicted molar refractivity (Wildman–Crippen MR) is 115 cm³/mol. The molecule has 0 saturated carbocycles. The number of carbonyl (C=O) groups is 3. The number of likely N-dealkylation sites (N-methyl/N-ethyl adjacent to an activating group) is 2. The van der Waals surface area contributed by atoms with Gasteiger partial charge in [0.05, 0.1) is 19.1 Å². The molecule has 0 bridgehead atoms. The molecule has 0 fully saturated rings. The van der Waals surface area contributed by atoms with Crippen LogP contribution in [0.5, 0.6) is 0 Å². The van der Waals surface area contributed by atoms with E-state index in [4.69, 9.17) is 5.73 Å². The average Bonchev–Trinajstić information content (AvgIpc) is 2.67. The largest absolute Gasteiger partial charge is 0.392 e. The number of rotatable bonds is 13. The summed E-state index contributed by atoms with van der Waals surface area (Å²) in [6.07, 6.45) is 4.11. The van der Waals surface area contributed by atoms with E-state index in [9.17, 15) is 19.5 Å². The van der Waals surface area contributed by atoms with Gasteiger partial charge in [-0.25, -0.2) is 0 Å². The summed E-state index contributed by atoms with van der Waals surface area (Å²) >= 11 is 0. The normalized spacial score (nSPS) is 15.3. The van der Waals surface area contributed by atoms with Crippen LogP contribution < -0.4 is 11.1 Å². The first-order valence-corrected chi connectivity index (χ1v) is 9.99. The molecule has 0 aliphatic heterocycles. The average molecular weight is 411 g/mol. The number of amides is 3. The fraction of sp³-hybridized carbons (Fsp3) is 0.667. The Kier molecular flexibility index (Phi) is 11.9. The van der Waals surface area contributed by atoms with Gasteiger partial charge < -0.3 is 26.0 Å². The Morgan fingerprint density at radius 3 is 2.31 bits per heavy atom. The zero-order valence-corrected chi connectivity index (χ0v) is 18.6. The minimum Gasteiger partial charge on any atom is -0.392 e. The SMILES string of the molecule is C=C(CN(C)C(=O)[C@H](CC)NC(=O)C[C@@H](O)[C@H](C)C/C=C/C)N(C)[C@@H](C)C(N)=O. The highest BCUT2D eigenvalue weighted by atomic mass is 16.3. The number of hydrogen-bond donors (Lipinski definition) is 3. The Morgan fingerprint density at radius 1 is 1.24 bits per heavy atom. The number of hydrogen-bond acceptors (Lipinski definition) is 5. The molecule has 0 rings (SSSR count). The maximum Gasteiger partial charge on any atom is 0.245 e. The summed E-state index contributed by atoms with van der Waals surface area (Å²) in [6.45, 7) is 11.3. The fourth-order valence-corrected chi connectivity index (χ4v) is 2.68. The lowest BCUT2D eigenvalue weighted by molar-refractivity contribution is -0.136. The van der Waals surface area contributed by atoms with Crippen molar-refractivity contribution in [2.24, 2.45) is 11.7 Å². The first kappa shape index (κ1) is 26.6. The summed E-state index contributed by atoms with van der Waals surface area (Å²) in [7, 11) is 3.30. The van der Waals surface area contributed by atoms with E-state index in [1.54, 1.807) is 32.8 Å². The Hall–Kier alpha value is -2.35. The molecule has 0 aliphatic rings. The van der Waals surface area contributed by atoms with Crippen molar-refractivity contribution in [2.75, 3.05) is 20.6 Å². The van der Waals surface area contributed by atoms with Crippen molar-refractivity contribution in [1.82, 2.24) is 15.1 Å². The number of aliphatic hydroxyl groups excluding tert-OH is 1. The quantitative estimate of drug-likeness (QED) is 0.392. The van der Waals surface area contributed by atoms with Gasteiger partial charge in [0, 0.05) is 19.8 Å². The molecule has 0 heterocycles. The zero-order valence-electron chi connectivity index (χ0n) is 18.6. The molecule has 0 saturated heterocycles. The van der Waals surface area contributed by atoms with Gasteiger partial charge in [0.15, 0.2) is 0 Å². The molecule has 0 spiro atoms. The summed E-state index contributed by atoms with van der Waals surface area (Å²) in [6, 6.07) is -1.24. The van der Waals surface area contributed by atoms with Crippen molar-refractivity contribution >= 4 is 17.7 Å². The Balaban J connectivity index is 4.80. The van der Waals surface area contributed by atoms with Crippen LogP contribution in [0.3, 0.4) is 0 Å². The number of carbonyl (C=O) groups excluding carboxylic acids is 3. The first-order valence-electron chi connectivity index (χ1n) is 9.99. The van der Waals surface area contributed by atoms with Crippen LogP contribution in [0.2, 0.25) is 0 Å². The van der Waals surface area contributed by atoms with Gasteiger partial charge in [-0.1, -0.05) is 32.6 Å². The second-order valence-corrected chi connectivity index (χ2v) is 7.53. The highest BCUT2D eigenvalue weighted by Crippen LogP contribution is 2.13. The zero-order chi connectivity index (χ0) is 22.7. The molecule has 0 radical (unpaired) electrons. The fourth-order valence-electron chi connectivity index (χ4n) is 2.68. The smallest absolute Gasteiger partial charge is 0.245 e. The van der Waals surface area contributed by atoms with E-state index in [0.717, 1.165) is 0 Å². The summed E-state index contributed by atoms with van der Waals surface area (Å²) in [5, 5.41) is 12.9. The second kappa shape index (κ2) is 13.0. The van der Waals surface area contributed by atoms with Crippen LogP contribution in [0.15, 0.2) is 24.4 Å². The molecule has 0 aromatic carbocycles. The van der Waals surface area contributed by atoms with Crippen molar-refractivity contribution in [3.05, 3.63) is 24.4 Å². The van der Waals surface area contributed by atoms with Crippen LogP contribution in [0.25, 0.3) is 0 Å². The molecule has 3 amide bonds. The molecule has 0 aliphatic carbocycles. The van der Waals surface area contributed by atoms with Gasteiger partial charge in [-0.2, -0.15) is 0 Å². The van der Waals surface area contributed by atoms with E-state index >= 15 is 0 Å². The number of aliphatic hydroxyl groups is 1. The van der Waals surface area contributed by atoms with Gasteiger partial charge in [-0.15, -0.1) is 0 Å². The van der Waals surface area contributed by atoms with Gasteiger partial charge in [0.2, 0.25) is 17.7 Å². The highest BCUT2D eigenvalue weighted by molar-refractivity contribution is 5.87. The lowest BCUT2D eigenvalue weighted by Crippen LogP contribution is -2.49. The highest BCUT2D eigenvalue weighted by Gasteiger charge is 2.26. The van der Waals surface area contributed by atoms with E-state index in [1.165, 1.54) is 4.90 Å². The molecular weight excluding hydrogens is 372 g/mol. The monoisotopic (exact) mass is 410 g/mol. The topological polar surface area (TPSA) is 116 Å². The number of primary amides is 1. The van der Waals surface area contributed by atoms with Crippen LogP contribution in [0.4, 0.5) is 0 Å². The maximum atomic E-state index is 12.7. The molecule has 4 atom stereocenters. The minimum absolute atomic E-state index is 0.0542. The lowest BCUT2D eigenvalue weighted by Gasteiger charge is -2.31. The van der Waals surface area contributed by atoms with Crippen molar-refractivity contribution in [1.29, 1.82) is 0 Å². The Labute approximate surface area is 174 Å². The van der Waals surface area contributed by atoms with Crippen LogP contribution in [0, 0.1) is 5.92 Å². The van der Waals surface area contributed by atoms with Crippen LogP contribution in [-0.2, 0) is 14.4 Å². The third kappa shape index (κ3) is 9.13. The molecule has 4 N–H and O–H groups in total. The van der Waals surface area contributed by atoms with Gasteiger partial charge in [0.1, 0.15) is 12.1 Å². The minimum atomic E-state index is -0.778. The third-order valence-corrected chi connectivity index (χ3v) is 5.12. The predicted octanol–water partition coefficient (Wildman–Crippen LogP) is 1.01. The second-order valence-electron chi connectivity index (χ2n) is 7.53. The van der Waals surface area contributed by atoms with Crippen LogP contribution in [-0.4, -0.2) is 71.5 Å². The summed E-state index contributed by atoms with van der Waals surface area (Å²) in [5.74, 6) is -1.17. The molecule has 166 valence electrons. The molecule has 8 heteroatoms. The molecule has 0 aromatic heterocycles. The third-order valence-electron chi connectivity index (χ3n) is 5.12. The number of nitrogens with two attached hydrogens (primary N) is 1. The van der Waals surface area contributed by atoms with Gasteiger partial charge in [-0.3, -0.25) is 14.4 Å². The van der Waals surface area contributed by atoms with Crippen LogP contribution in [0.1, 0.15) is 47.0 Å².